The molecular weight excluding hydrogens is 418 g/mol. The van der Waals surface area contributed by atoms with Crippen molar-refractivity contribution in [1.82, 2.24) is 9.47 Å². The van der Waals surface area contributed by atoms with Gasteiger partial charge in [0.2, 0.25) is 0 Å². The first-order valence-corrected chi connectivity index (χ1v) is 9.86. The minimum atomic E-state index is -4.54. The van der Waals surface area contributed by atoms with Crippen molar-refractivity contribution in [3.05, 3.63) is 94.8 Å². The molecule has 0 spiro atoms. The summed E-state index contributed by atoms with van der Waals surface area (Å²) in [6.07, 6.45) is -6.52. The highest BCUT2D eigenvalue weighted by Crippen LogP contribution is 2.41. The van der Waals surface area contributed by atoms with Gasteiger partial charge in [-0.25, -0.2) is 0 Å². The van der Waals surface area contributed by atoms with Crippen molar-refractivity contribution in [3.8, 4) is 0 Å². The number of halogens is 6. The summed E-state index contributed by atoms with van der Waals surface area (Å²) in [5.74, 6) is 0. The predicted octanol–water partition coefficient (Wildman–Crippen LogP) is 6.52. The number of hydrogen-bond donors (Lipinski definition) is 0. The summed E-state index contributed by atoms with van der Waals surface area (Å²) in [7, 11) is 0. The van der Waals surface area contributed by atoms with E-state index in [-0.39, 0.29) is 12.1 Å². The molecule has 0 amide bonds. The SMILES string of the molecule is FC(F)(F)c1cccc(CN2CCCn3cccc3C2c2ccccc2C(F)(F)F)c1. The fourth-order valence-corrected chi connectivity index (χ4v) is 4.24. The molecule has 1 aromatic heterocycles. The fraction of sp³-hybridized carbons (Fsp3) is 0.304. The quantitative estimate of drug-likeness (QED) is 0.423. The van der Waals surface area contributed by atoms with Gasteiger partial charge in [0.25, 0.3) is 0 Å². The molecule has 0 aliphatic carbocycles. The smallest absolute Gasteiger partial charge is 0.350 e. The van der Waals surface area contributed by atoms with Crippen LogP contribution in [0.4, 0.5) is 26.3 Å². The molecule has 1 aliphatic rings. The van der Waals surface area contributed by atoms with Crippen LogP contribution in [0.25, 0.3) is 0 Å². The lowest BCUT2D eigenvalue weighted by Crippen LogP contribution is -2.31. The molecular formula is C23H20F6N2. The molecule has 0 saturated carbocycles. The van der Waals surface area contributed by atoms with E-state index in [1.807, 2.05) is 15.7 Å². The topological polar surface area (TPSA) is 8.17 Å². The summed E-state index contributed by atoms with van der Waals surface area (Å²) in [5.41, 5.74) is -0.298. The zero-order valence-electron chi connectivity index (χ0n) is 16.4. The number of hydrogen-bond acceptors (Lipinski definition) is 1. The third kappa shape index (κ3) is 4.49. The van der Waals surface area contributed by atoms with Crippen LogP contribution in [0.15, 0.2) is 66.9 Å². The van der Waals surface area contributed by atoms with Gasteiger partial charge in [-0.15, -0.1) is 0 Å². The van der Waals surface area contributed by atoms with E-state index in [4.69, 9.17) is 0 Å². The Morgan fingerprint density at radius 3 is 2.32 bits per heavy atom. The summed E-state index contributed by atoms with van der Waals surface area (Å²) >= 11 is 0. The van der Waals surface area contributed by atoms with Crippen LogP contribution in [0, 0.1) is 0 Å². The Hall–Kier alpha value is -2.74. The second-order valence-corrected chi connectivity index (χ2v) is 7.64. The zero-order valence-corrected chi connectivity index (χ0v) is 16.4. The van der Waals surface area contributed by atoms with Crippen LogP contribution in [0.1, 0.15) is 40.4 Å². The molecule has 0 fully saturated rings. The van der Waals surface area contributed by atoms with Gasteiger partial charge in [0.15, 0.2) is 0 Å². The Kier molecular flexibility index (Phi) is 5.60. The lowest BCUT2D eigenvalue weighted by atomic mass is 9.95. The van der Waals surface area contributed by atoms with Crippen LogP contribution >= 0.6 is 0 Å². The monoisotopic (exact) mass is 438 g/mol. The van der Waals surface area contributed by atoms with Gasteiger partial charge < -0.3 is 4.57 Å². The van der Waals surface area contributed by atoms with E-state index in [9.17, 15) is 26.3 Å². The fourth-order valence-electron chi connectivity index (χ4n) is 4.24. The van der Waals surface area contributed by atoms with E-state index in [1.54, 1.807) is 24.3 Å². The molecule has 0 radical (unpaired) electrons. The Bertz CT molecular complexity index is 1050. The summed E-state index contributed by atoms with van der Waals surface area (Å²) in [6, 6.07) is 13.2. The number of rotatable bonds is 3. The van der Waals surface area contributed by atoms with E-state index in [0.717, 1.165) is 18.2 Å². The van der Waals surface area contributed by atoms with Gasteiger partial charge in [0.05, 0.1) is 17.2 Å². The van der Waals surface area contributed by atoms with Gasteiger partial charge in [-0.2, -0.15) is 26.3 Å². The second-order valence-electron chi connectivity index (χ2n) is 7.64. The minimum absolute atomic E-state index is 0.101. The normalized spacial score (nSPS) is 17.9. The number of aromatic nitrogens is 1. The lowest BCUT2D eigenvalue weighted by molar-refractivity contribution is -0.139. The number of aryl methyl sites for hydroxylation is 1. The van der Waals surface area contributed by atoms with Crippen molar-refractivity contribution in [2.24, 2.45) is 0 Å². The van der Waals surface area contributed by atoms with E-state index in [2.05, 4.69) is 0 Å². The number of benzene rings is 2. The van der Waals surface area contributed by atoms with Crippen molar-refractivity contribution >= 4 is 0 Å². The van der Waals surface area contributed by atoms with Gasteiger partial charge in [-0.1, -0.05) is 36.4 Å². The maximum absolute atomic E-state index is 13.8. The number of fused-ring (bicyclic) bond motifs is 1. The van der Waals surface area contributed by atoms with E-state index >= 15 is 0 Å². The van der Waals surface area contributed by atoms with Gasteiger partial charge in [0.1, 0.15) is 0 Å². The predicted molar refractivity (Wildman–Crippen MR) is 104 cm³/mol. The maximum Gasteiger partial charge on any atom is 0.416 e. The van der Waals surface area contributed by atoms with E-state index in [0.29, 0.717) is 30.8 Å². The highest BCUT2D eigenvalue weighted by atomic mass is 19.4. The summed E-state index contributed by atoms with van der Waals surface area (Å²) < 4.78 is 82.8. The molecule has 164 valence electrons. The first-order chi connectivity index (χ1) is 14.6. The molecule has 0 saturated heterocycles. The molecule has 1 atom stereocenters. The van der Waals surface area contributed by atoms with Crippen molar-refractivity contribution in [3.63, 3.8) is 0 Å². The van der Waals surface area contributed by atoms with Gasteiger partial charge >= 0.3 is 12.4 Å². The number of nitrogens with zero attached hydrogens (tertiary/aromatic N) is 2. The van der Waals surface area contributed by atoms with Crippen LogP contribution < -0.4 is 0 Å². The highest BCUT2D eigenvalue weighted by Gasteiger charge is 2.38. The van der Waals surface area contributed by atoms with Crippen molar-refractivity contribution in [2.75, 3.05) is 6.54 Å². The average Bonchev–Trinajstić information content (AvgIpc) is 3.08. The summed E-state index contributed by atoms with van der Waals surface area (Å²) in [6.45, 7) is 1.19. The third-order valence-electron chi connectivity index (χ3n) is 5.56. The Balaban J connectivity index is 1.79. The molecule has 1 unspecified atom stereocenters. The standard InChI is InChI=1S/C23H20F6N2/c24-22(25,26)17-7-3-6-16(14-17)15-31-13-5-12-30-11-4-10-20(30)21(31)18-8-1-2-9-19(18)23(27,28)29/h1-4,6-11,14,21H,5,12-13,15H2. The zero-order chi connectivity index (χ0) is 22.2. The molecule has 0 N–H and O–H groups in total. The molecule has 2 nitrogen and oxygen atoms in total. The minimum Gasteiger partial charge on any atom is -0.350 e. The van der Waals surface area contributed by atoms with Crippen molar-refractivity contribution in [2.45, 2.75) is 37.9 Å². The van der Waals surface area contributed by atoms with Crippen LogP contribution in [0.3, 0.4) is 0 Å². The van der Waals surface area contributed by atoms with E-state index in [1.165, 1.54) is 18.2 Å². The highest BCUT2D eigenvalue weighted by molar-refractivity contribution is 5.38. The molecule has 0 bridgehead atoms. The van der Waals surface area contributed by atoms with E-state index < -0.39 is 29.5 Å². The Labute approximate surface area is 175 Å². The van der Waals surface area contributed by atoms with Crippen molar-refractivity contribution in [1.29, 1.82) is 0 Å². The van der Waals surface area contributed by atoms with Crippen LogP contribution in [0.5, 0.6) is 0 Å². The number of alkyl halides is 6. The summed E-state index contributed by atoms with van der Waals surface area (Å²) in [4.78, 5) is 1.83. The van der Waals surface area contributed by atoms with Crippen LogP contribution in [0.2, 0.25) is 0 Å². The summed E-state index contributed by atoms with van der Waals surface area (Å²) in [5, 5.41) is 0. The molecule has 8 heteroatoms. The average molecular weight is 438 g/mol. The Morgan fingerprint density at radius 1 is 0.806 bits per heavy atom. The molecule has 1 aliphatic heterocycles. The third-order valence-corrected chi connectivity index (χ3v) is 5.56. The molecule has 2 aromatic carbocycles. The first kappa shape index (κ1) is 21.5. The molecule has 3 aromatic rings. The van der Waals surface area contributed by atoms with Crippen LogP contribution in [-0.4, -0.2) is 16.0 Å². The van der Waals surface area contributed by atoms with Crippen LogP contribution in [-0.2, 0) is 25.4 Å². The first-order valence-electron chi connectivity index (χ1n) is 9.86. The Morgan fingerprint density at radius 2 is 1.58 bits per heavy atom. The van der Waals surface area contributed by atoms with Crippen molar-refractivity contribution < 1.29 is 26.3 Å². The lowest BCUT2D eigenvalue weighted by Gasteiger charge is -2.32. The maximum atomic E-state index is 13.8. The molecule has 4 rings (SSSR count). The van der Waals surface area contributed by atoms with Gasteiger partial charge in [0, 0.05) is 31.5 Å². The largest absolute Gasteiger partial charge is 0.416 e. The molecule has 31 heavy (non-hydrogen) atoms. The van der Waals surface area contributed by atoms with Gasteiger partial charge in [-0.05, 0) is 41.8 Å². The molecule has 2 heterocycles. The van der Waals surface area contributed by atoms with Gasteiger partial charge in [-0.3, -0.25) is 4.90 Å². The second kappa shape index (κ2) is 8.07.